The van der Waals surface area contributed by atoms with Gasteiger partial charge in [-0.1, -0.05) is 15.9 Å². The SMILES string of the molecule is COc1ccc(Br)cc1CNC(=O)CNC(=O)c1ccoc1C. The summed E-state index contributed by atoms with van der Waals surface area (Å²) in [7, 11) is 1.57. The van der Waals surface area contributed by atoms with E-state index < -0.39 is 0 Å². The van der Waals surface area contributed by atoms with Gasteiger partial charge in [-0.25, -0.2) is 0 Å². The third kappa shape index (κ3) is 4.59. The zero-order valence-electron chi connectivity index (χ0n) is 12.8. The number of methoxy groups -OCH3 is 1. The summed E-state index contributed by atoms with van der Waals surface area (Å²) in [5, 5.41) is 5.29. The molecule has 0 bridgehead atoms. The van der Waals surface area contributed by atoms with Gasteiger partial charge in [-0.3, -0.25) is 9.59 Å². The number of furan rings is 1. The van der Waals surface area contributed by atoms with Gasteiger partial charge in [0, 0.05) is 16.6 Å². The van der Waals surface area contributed by atoms with Crippen molar-refractivity contribution < 1.29 is 18.7 Å². The zero-order chi connectivity index (χ0) is 16.8. The number of ether oxygens (including phenoxy) is 1. The van der Waals surface area contributed by atoms with E-state index in [9.17, 15) is 9.59 Å². The van der Waals surface area contributed by atoms with Crippen LogP contribution in [0.1, 0.15) is 21.7 Å². The second kappa shape index (κ2) is 7.82. The summed E-state index contributed by atoms with van der Waals surface area (Å²) in [6.07, 6.45) is 1.43. The minimum atomic E-state index is -0.341. The minimum Gasteiger partial charge on any atom is -0.496 e. The van der Waals surface area contributed by atoms with Crippen molar-refractivity contribution in [3.05, 3.63) is 51.9 Å². The Balaban J connectivity index is 1.85. The van der Waals surface area contributed by atoms with Crippen molar-refractivity contribution in [3.63, 3.8) is 0 Å². The zero-order valence-corrected chi connectivity index (χ0v) is 14.4. The third-order valence-corrected chi connectivity index (χ3v) is 3.72. The Morgan fingerprint density at radius 2 is 2.04 bits per heavy atom. The number of amides is 2. The predicted octanol–water partition coefficient (Wildman–Crippen LogP) is 2.41. The largest absolute Gasteiger partial charge is 0.496 e. The molecule has 0 fully saturated rings. The molecule has 0 unspecified atom stereocenters. The Hall–Kier alpha value is -2.28. The molecule has 1 aromatic carbocycles. The molecule has 0 saturated heterocycles. The third-order valence-electron chi connectivity index (χ3n) is 3.23. The van der Waals surface area contributed by atoms with Crippen molar-refractivity contribution in [3.8, 4) is 5.75 Å². The first-order valence-electron chi connectivity index (χ1n) is 6.92. The molecule has 2 N–H and O–H groups in total. The molecule has 6 nitrogen and oxygen atoms in total. The van der Waals surface area contributed by atoms with Gasteiger partial charge < -0.3 is 19.8 Å². The van der Waals surface area contributed by atoms with Crippen LogP contribution in [0.5, 0.6) is 5.75 Å². The van der Waals surface area contributed by atoms with Gasteiger partial charge in [0.25, 0.3) is 5.91 Å². The topological polar surface area (TPSA) is 80.6 Å². The van der Waals surface area contributed by atoms with Gasteiger partial charge in [0.05, 0.1) is 25.5 Å². The molecular weight excluding hydrogens is 364 g/mol. The molecule has 0 atom stereocenters. The predicted molar refractivity (Wildman–Crippen MR) is 88.3 cm³/mol. The summed E-state index contributed by atoms with van der Waals surface area (Å²) < 4.78 is 11.2. The Morgan fingerprint density at radius 1 is 1.26 bits per heavy atom. The van der Waals surface area contributed by atoms with Crippen molar-refractivity contribution in [1.82, 2.24) is 10.6 Å². The highest BCUT2D eigenvalue weighted by Gasteiger charge is 2.12. The lowest BCUT2D eigenvalue weighted by molar-refractivity contribution is -0.120. The quantitative estimate of drug-likeness (QED) is 0.806. The molecule has 0 radical (unpaired) electrons. The molecule has 2 aromatic rings. The van der Waals surface area contributed by atoms with Crippen LogP contribution in [0.15, 0.2) is 39.4 Å². The van der Waals surface area contributed by atoms with Crippen molar-refractivity contribution >= 4 is 27.7 Å². The second-order valence-corrected chi connectivity index (χ2v) is 5.72. The van der Waals surface area contributed by atoms with Crippen LogP contribution in [0.3, 0.4) is 0 Å². The summed E-state index contributed by atoms with van der Waals surface area (Å²) in [6, 6.07) is 7.11. The van der Waals surface area contributed by atoms with Crippen molar-refractivity contribution in [2.75, 3.05) is 13.7 Å². The number of hydrogen-bond acceptors (Lipinski definition) is 4. The number of hydrogen-bond donors (Lipinski definition) is 2. The highest BCUT2D eigenvalue weighted by atomic mass is 79.9. The molecule has 1 heterocycles. The molecule has 1 aromatic heterocycles. The Bertz CT molecular complexity index is 712. The smallest absolute Gasteiger partial charge is 0.255 e. The van der Waals surface area contributed by atoms with Crippen LogP contribution in [0.2, 0.25) is 0 Å². The maximum atomic E-state index is 11.9. The molecule has 0 aliphatic heterocycles. The van der Waals surface area contributed by atoms with Crippen LogP contribution >= 0.6 is 15.9 Å². The monoisotopic (exact) mass is 380 g/mol. The average Bonchev–Trinajstić information content (AvgIpc) is 2.97. The maximum absolute atomic E-state index is 11.9. The first-order valence-corrected chi connectivity index (χ1v) is 7.72. The highest BCUT2D eigenvalue weighted by molar-refractivity contribution is 9.10. The van der Waals surface area contributed by atoms with E-state index >= 15 is 0 Å². The number of carbonyl (C=O) groups excluding carboxylic acids is 2. The van der Waals surface area contributed by atoms with E-state index in [4.69, 9.17) is 9.15 Å². The molecule has 23 heavy (non-hydrogen) atoms. The van der Waals surface area contributed by atoms with Crippen LogP contribution in [0.25, 0.3) is 0 Å². The molecule has 0 spiro atoms. The molecule has 122 valence electrons. The van der Waals surface area contributed by atoms with Gasteiger partial charge in [-0.05, 0) is 31.2 Å². The van der Waals surface area contributed by atoms with Gasteiger partial charge in [-0.2, -0.15) is 0 Å². The summed E-state index contributed by atoms with van der Waals surface area (Å²) in [5.41, 5.74) is 1.26. The second-order valence-electron chi connectivity index (χ2n) is 4.81. The van der Waals surface area contributed by atoms with Crippen molar-refractivity contribution in [2.24, 2.45) is 0 Å². The van der Waals surface area contributed by atoms with Gasteiger partial charge in [0.15, 0.2) is 0 Å². The highest BCUT2D eigenvalue weighted by Crippen LogP contribution is 2.22. The summed E-state index contributed by atoms with van der Waals surface area (Å²) in [5.74, 6) is 0.571. The normalized spacial score (nSPS) is 10.2. The number of carbonyl (C=O) groups is 2. The molecular formula is C16H17BrN2O4. The maximum Gasteiger partial charge on any atom is 0.255 e. The Morgan fingerprint density at radius 3 is 2.70 bits per heavy atom. The van der Waals surface area contributed by atoms with Gasteiger partial charge in [-0.15, -0.1) is 0 Å². The van der Waals surface area contributed by atoms with E-state index in [0.29, 0.717) is 23.6 Å². The fourth-order valence-electron chi connectivity index (χ4n) is 2.02. The number of halogens is 1. The number of rotatable bonds is 6. The Labute approximate surface area is 142 Å². The molecule has 2 rings (SSSR count). The van der Waals surface area contributed by atoms with Crippen LogP contribution < -0.4 is 15.4 Å². The molecule has 0 saturated carbocycles. The summed E-state index contributed by atoms with van der Waals surface area (Å²) >= 11 is 3.38. The minimum absolute atomic E-state index is 0.111. The van der Waals surface area contributed by atoms with E-state index in [1.807, 2.05) is 18.2 Å². The standard InChI is InChI=1S/C16H17BrN2O4/c1-10-13(5-6-23-10)16(21)19-9-15(20)18-8-11-7-12(17)3-4-14(11)22-2/h3-7H,8-9H2,1-2H3,(H,18,20)(H,19,21). The van der Waals surface area contributed by atoms with Crippen LogP contribution in [-0.4, -0.2) is 25.5 Å². The van der Waals surface area contributed by atoms with E-state index in [-0.39, 0.29) is 18.4 Å². The van der Waals surface area contributed by atoms with Crippen LogP contribution in [0, 0.1) is 6.92 Å². The van der Waals surface area contributed by atoms with E-state index in [1.54, 1.807) is 20.1 Å². The van der Waals surface area contributed by atoms with Crippen LogP contribution in [-0.2, 0) is 11.3 Å². The lowest BCUT2D eigenvalue weighted by Gasteiger charge is -2.10. The van der Waals surface area contributed by atoms with Gasteiger partial charge in [0.2, 0.25) is 5.91 Å². The first-order chi connectivity index (χ1) is 11.0. The van der Waals surface area contributed by atoms with Gasteiger partial charge in [0.1, 0.15) is 11.5 Å². The molecule has 7 heteroatoms. The molecule has 2 amide bonds. The number of nitrogens with one attached hydrogen (secondary N) is 2. The molecule has 0 aliphatic carbocycles. The van der Waals surface area contributed by atoms with Crippen molar-refractivity contribution in [2.45, 2.75) is 13.5 Å². The molecule has 0 aliphatic rings. The average molecular weight is 381 g/mol. The Kier molecular flexibility index (Phi) is 5.81. The summed E-state index contributed by atoms with van der Waals surface area (Å²) in [4.78, 5) is 23.7. The van der Waals surface area contributed by atoms with E-state index in [1.165, 1.54) is 6.26 Å². The van der Waals surface area contributed by atoms with Crippen LogP contribution in [0.4, 0.5) is 0 Å². The van der Waals surface area contributed by atoms with E-state index in [2.05, 4.69) is 26.6 Å². The first kappa shape index (κ1) is 17.1. The number of benzene rings is 1. The van der Waals surface area contributed by atoms with Crippen molar-refractivity contribution in [1.29, 1.82) is 0 Å². The van der Waals surface area contributed by atoms with Gasteiger partial charge >= 0.3 is 0 Å². The lowest BCUT2D eigenvalue weighted by atomic mass is 10.2. The number of aryl methyl sites for hydroxylation is 1. The summed E-state index contributed by atoms with van der Waals surface area (Å²) in [6.45, 7) is 1.89. The van der Waals surface area contributed by atoms with E-state index in [0.717, 1.165) is 10.0 Å². The lowest BCUT2D eigenvalue weighted by Crippen LogP contribution is -2.36. The fraction of sp³-hybridized carbons (Fsp3) is 0.250. The fourth-order valence-corrected chi connectivity index (χ4v) is 2.43.